The number of thiazole rings is 1. The lowest BCUT2D eigenvalue weighted by Gasteiger charge is -2.19. The van der Waals surface area contributed by atoms with Crippen LogP contribution in [0, 0.1) is 0 Å². The van der Waals surface area contributed by atoms with E-state index in [9.17, 15) is 13.2 Å². The Kier molecular flexibility index (Phi) is 6.83. The number of carbonyl (C=O) groups excluding carboxylic acids is 1. The summed E-state index contributed by atoms with van der Waals surface area (Å²) < 4.78 is 27.3. The van der Waals surface area contributed by atoms with Gasteiger partial charge in [-0.15, -0.1) is 11.3 Å². The van der Waals surface area contributed by atoms with Crippen molar-refractivity contribution in [2.24, 2.45) is 0 Å². The maximum absolute atomic E-state index is 12.9. The predicted molar refractivity (Wildman–Crippen MR) is 117 cm³/mol. The molecule has 29 heavy (non-hydrogen) atoms. The summed E-state index contributed by atoms with van der Waals surface area (Å²) in [6.45, 7) is 2.03. The standard InChI is InChI=1S/C20H24N4O3S2/c1-2-10-29(26,27)24-18(19(25)22-12-16-13-23-20(21)28-16)11-15-8-5-7-14-6-3-4-9-17(14)15/h3-9,13,18,24H,2,10-12H2,1H3,(H2,21,23)(H,22,25)/t18-/m0/s1. The number of rotatable bonds is 9. The maximum Gasteiger partial charge on any atom is 0.238 e. The molecule has 1 aromatic heterocycles. The van der Waals surface area contributed by atoms with Gasteiger partial charge in [-0.1, -0.05) is 49.4 Å². The van der Waals surface area contributed by atoms with Gasteiger partial charge in [0.2, 0.25) is 15.9 Å². The molecule has 0 aliphatic carbocycles. The number of aromatic nitrogens is 1. The van der Waals surface area contributed by atoms with Gasteiger partial charge in [-0.05, 0) is 29.2 Å². The Morgan fingerprint density at radius 1 is 1.21 bits per heavy atom. The summed E-state index contributed by atoms with van der Waals surface area (Å²) in [5.74, 6) is -0.415. The molecule has 0 fully saturated rings. The molecule has 0 spiro atoms. The summed E-state index contributed by atoms with van der Waals surface area (Å²) in [4.78, 5) is 17.6. The number of nitrogens with zero attached hydrogens (tertiary/aromatic N) is 1. The molecule has 0 radical (unpaired) electrons. The average Bonchev–Trinajstić information content (AvgIpc) is 3.11. The summed E-state index contributed by atoms with van der Waals surface area (Å²) in [6.07, 6.45) is 2.32. The third-order valence-corrected chi connectivity index (χ3v) is 6.84. The molecule has 0 aliphatic rings. The number of hydrogen-bond donors (Lipinski definition) is 3. The Hall–Kier alpha value is -2.49. The van der Waals surface area contributed by atoms with Gasteiger partial charge in [0.15, 0.2) is 5.13 Å². The smallest absolute Gasteiger partial charge is 0.238 e. The van der Waals surface area contributed by atoms with E-state index in [0.717, 1.165) is 21.2 Å². The van der Waals surface area contributed by atoms with Gasteiger partial charge < -0.3 is 11.1 Å². The molecule has 154 valence electrons. The number of benzene rings is 2. The van der Waals surface area contributed by atoms with Crippen molar-refractivity contribution in [3.63, 3.8) is 0 Å². The molecule has 3 aromatic rings. The minimum atomic E-state index is -3.57. The number of anilines is 1. The highest BCUT2D eigenvalue weighted by atomic mass is 32.2. The Morgan fingerprint density at radius 3 is 2.69 bits per heavy atom. The van der Waals surface area contributed by atoms with E-state index >= 15 is 0 Å². The van der Waals surface area contributed by atoms with Crippen molar-refractivity contribution >= 4 is 43.2 Å². The lowest BCUT2D eigenvalue weighted by Crippen LogP contribution is -2.48. The number of nitrogens with two attached hydrogens (primary N) is 1. The van der Waals surface area contributed by atoms with Gasteiger partial charge in [0.1, 0.15) is 6.04 Å². The van der Waals surface area contributed by atoms with Crippen molar-refractivity contribution in [3.8, 4) is 0 Å². The van der Waals surface area contributed by atoms with Crippen LogP contribution >= 0.6 is 11.3 Å². The SMILES string of the molecule is CCCS(=O)(=O)N[C@@H](Cc1cccc2ccccc12)C(=O)NCc1cnc(N)s1. The Morgan fingerprint density at radius 2 is 1.97 bits per heavy atom. The largest absolute Gasteiger partial charge is 0.375 e. The number of nitrogen functional groups attached to an aromatic ring is 1. The number of amides is 1. The van der Waals surface area contributed by atoms with Gasteiger partial charge in [-0.3, -0.25) is 4.79 Å². The molecule has 1 atom stereocenters. The zero-order chi connectivity index (χ0) is 20.9. The van der Waals surface area contributed by atoms with Crippen molar-refractivity contribution in [2.45, 2.75) is 32.4 Å². The minimum absolute atomic E-state index is 0.0301. The van der Waals surface area contributed by atoms with E-state index in [2.05, 4.69) is 15.0 Å². The summed E-state index contributed by atoms with van der Waals surface area (Å²) >= 11 is 1.28. The van der Waals surface area contributed by atoms with Crippen LogP contribution in [0.5, 0.6) is 0 Å². The fraction of sp³-hybridized carbons (Fsp3) is 0.300. The van der Waals surface area contributed by atoms with E-state index in [0.29, 0.717) is 11.6 Å². The summed E-state index contributed by atoms with van der Waals surface area (Å²) in [5, 5.41) is 5.26. The molecule has 0 saturated carbocycles. The molecule has 0 saturated heterocycles. The first-order valence-electron chi connectivity index (χ1n) is 9.32. The zero-order valence-electron chi connectivity index (χ0n) is 16.1. The summed E-state index contributed by atoms with van der Waals surface area (Å²) in [7, 11) is -3.57. The summed E-state index contributed by atoms with van der Waals surface area (Å²) in [5.41, 5.74) is 6.53. The van der Waals surface area contributed by atoms with Crippen LogP contribution in [0.1, 0.15) is 23.8 Å². The van der Waals surface area contributed by atoms with Crippen LogP contribution in [0.3, 0.4) is 0 Å². The first-order valence-corrected chi connectivity index (χ1v) is 11.8. The topological polar surface area (TPSA) is 114 Å². The predicted octanol–water partition coefficient (Wildman–Crippen LogP) is 2.44. The van der Waals surface area contributed by atoms with Crippen LogP contribution in [0.2, 0.25) is 0 Å². The van der Waals surface area contributed by atoms with Crippen molar-refractivity contribution < 1.29 is 13.2 Å². The third kappa shape index (κ3) is 5.75. The van der Waals surface area contributed by atoms with E-state index in [1.54, 1.807) is 13.1 Å². The molecule has 2 aromatic carbocycles. The quantitative estimate of drug-likeness (QED) is 0.480. The molecule has 0 bridgehead atoms. The average molecular weight is 433 g/mol. The summed E-state index contributed by atoms with van der Waals surface area (Å²) in [6, 6.07) is 12.7. The number of carbonyl (C=O) groups is 1. The van der Waals surface area contributed by atoms with Crippen LogP contribution in [0.15, 0.2) is 48.7 Å². The Balaban J connectivity index is 1.82. The van der Waals surface area contributed by atoms with Crippen LogP contribution < -0.4 is 15.8 Å². The molecular weight excluding hydrogens is 408 g/mol. The first kappa shape index (κ1) is 21.2. The van der Waals surface area contributed by atoms with Gasteiger partial charge in [-0.2, -0.15) is 0 Å². The Labute approximate surface area is 174 Å². The second-order valence-corrected chi connectivity index (χ2v) is 9.73. The molecular formula is C20H24N4O3S2. The molecule has 7 nitrogen and oxygen atoms in total. The van der Waals surface area contributed by atoms with E-state index in [-0.39, 0.29) is 24.6 Å². The van der Waals surface area contributed by atoms with Crippen LogP contribution in [-0.4, -0.2) is 31.1 Å². The molecule has 0 aliphatic heterocycles. The highest BCUT2D eigenvalue weighted by Gasteiger charge is 2.25. The van der Waals surface area contributed by atoms with Crippen molar-refractivity contribution in [1.29, 1.82) is 0 Å². The molecule has 1 amide bonds. The molecule has 3 rings (SSSR count). The second-order valence-electron chi connectivity index (χ2n) is 6.71. The highest BCUT2D eigenvalue weighted by Crippen LogP contribution is 2.20. The number of sulfonamides is 1. The van der Waals surface area contributed by atoms with E-state index in [1.165, 1.54) is 11.3 Å². The van der Waals surface area contributed by atoms with Crippen molar-refractivity contribution in [2.75, 3.05) is 11.5 Å². The number of fused-ring (bicyclic) bond motifs is 1. The fourth-order valence-electron chi connectivity index (χ4n) is 3.12. The van der Waals surface area contributed by atoms with E-state index in [4.69, 9.17) is 5.73 Å². The fourth-order valence-corrected chi connectivity index (χ4v) is 5.03. The van der Waals surface area contributed by atoms with Gasteiger partial charge in [-0.25, -0.2) is 18.1 Å². The van der Waals surface area contributed by atoms with Gasteiger partial charge in [0.25, 0.3) is 0 Å². The number of nitrogens with one attached hydrogen (secondary N) is 2. The lowest BCUT2D eigenvalue weighted by molar-refractivity contribution is -0.122. The normalized spacial score (nSPS) is 12.7. The van der Waals surface area contributed by atoms with Gasteiger partial charge in [0, 0.05) is 11.1 Å². The van der Waals surface area contributed by atoms with Crippen molar-refractivity contribution in [1.82, 2.24) is 15.0 Å². The molecule has 1 heterocycles. The first-order chi connectivity index (χ1) is 13.9. The zero-order valence-corrected chi connectivity index (χ0v) is 17.7. The minimum Gasteiger partial charge on any atom is -0.375 e. The molecule has 0 unspecified atom stereocenters. The van der Waals surface area contributed by atoms with E-state index in [1.807, 2.05) is 42.5 Å². The molecule has 9 heteroatoms. The number of hydrogen-bond acceptors (Lipinski definition) is 6. The maximum atomic E-state index is 12.9. The Bertz CT molecular complexity index is 1090. The lowest BCUT2D eigenvalue weighted by atomic mass is 9.99. The molecule has 4 N–H and O–H groups in total. The van der Waals surface area contributed by atoms with Gasteiger partial charge in [0.05, 0.1) is 12.3 Å². The van der Waals surface area contributed by atoms with E-state index < -0.39 is 16.1 Å². The van der Waals surface area contributed by atoms with Crippen molar-refractivity contribution in [3.05, 3.63) is 59.1 Å². The van der Waals surface area contributed by atoms with Crippen LogP contribution in [0.4, 0.5) is 5.13 Å². The second kappa shape index (κ2) is 9.34. The monoisotopic (exact) mass is 432 g/mol. The third-order valence-electron chi connectivity index (χ3n) is 4.42. The highest BCUT2D eigenvalue weighted by molar-refractivity contribution is 7.89. The van der Waals surface area contributed by atoms with Crippen LogP contribution in [-0.2, 0) is 27.8 Å². The van der Waals surface area contributed by atoms with Crippen LogP contribution in [0.25, 0.3) is 10.8 Å². The van der Waals surface area contributed by atoms with Gasteiger partial charge >= 0.3 is 0 Å².